The second-order valence-corrected chi connectivity index (χ2v) is 14.8. The summed E-state index contributed by atoms with van der Waals surface area (Å²) in [6, 6.07) is 5.37. The van der Waals surface area contributed by atoms with Crippen molar-refractivity contribution in [1.82, 2.24) is 20.5 Å². The van der Waals surface area contributed by atoms with Crippen molar-refractivity contribution in [3.8, 4) is 5.88 Å². The number of rotatable bonds is 12. The van der Waals surface area contributed by atoms with Crippen LogP contribution in [-0.4, -0.2) is 71.0 Å². The lowest BCUT2D eigenvalue weighted by atomic mass is 9.78. The minimum Gasteiger partial charge on any atom is -0.474 e. The number of nitrogens with zero attached hydrogens (tertiary/aromatic N) is 2. The fraction of sp³-hybridized carbons (Fsp3) is 0.839. The normalized spacial score (nSPS) is 23.8. The van der Waals surface area contributed by atoms with Crippen LogP contribution in [-0.2, 0) is 10.2 Å². The summed E-state index contributed by atoms with van der Waals surface area (Å²) in [5.41, 5.74) is 1.54. The Hall–Kier alpha value is -1.21. The minimum absolute atomic E-state index is 0.0566. The molecule has 1 saturated heterocycles. The molecule has 37 heavy (non-hydrogen) atoms. The quantitative estimate of drug-likeness (QED) is 0.372. The van der Waals surface area contributed by atoms with Gasteiger partial charge in [0.15, 0.2) is 0 Å². The molecule has 1 atom stereocenters. The molecule has 0 unspecified atom stereocenters. The zero-order chi connectivity index (χ0) is 27.5. The van der Waals surface area contributed by atoms with E-state index in [4.69, 9.17) is 9.47 Å². The van der Waals surface area contributed by atoms with Gasteiger partial charge in [0.05, 0.1) is 12.2 Å². The lowest BCUT2D eigenvalue weighted by Gasteiger charge is -2.39. The molecule has 2 fully saturated rings. The van der Waals surface area contributed by atoms with Gasteiger partial charge in [0.25, 0.3) is 0 Å². The Morgan fingerprint density at radius 3 is 2.22 bits per heavy atom. The van der Waals surface area contributed by atoms with Gasteiger partial charge in [0, 0.05) is 48.5 Å². The van der Waals surface area contributed by atoms with Gasteiger partial charge < -0.3 is 20.1 Å². The molecule has 0 spiro atoms. The third-order valence-electron chi connectivity index (χ3n) is 7.72. The predicted octanol–water partition coefficient (Wildman–Crippen LogP) is 5.69. The van der Waals surface area contributed by atoms with E-state index in [0.717, 1.165) is 57.8 Å². The van der Waals surface area contributed by atoms with Gasteiger partial charge in [-0.25, -0.2) is 4.98 Å². The monoisotopic (exact) mass is 516 g/mol. The Morgan fingerprint density at radius 1 is 0.919 bits per heavy atom. The van der Waals surface area contributed by atoms with E-state index in [1.807, 2.05) is 6.20 Å². The maximum absolute atomic E-state index is 6.13. The molecule has 0 radical (unpaired) electrons. The first kappa shape index (κ1) is 30.3. The zero-order valence-electron chi connectivity index (χ0n) is 25.5. The first-order chi connectivity index (χ1) is 17.0. The number of likely N-dealkylation sites (tertiary alicyclic amines) is 1. The van der Waals surface area contributed by atoms with Crippen LogP contribution < -0.4 is 15.4 Å². The van der Waals surface area contributed by atoms with Crippen LogP contribution in [0.1, 0.15) is 107 Å². The Morgan fingerprint density at radius 2 is 1.62 bits per heavy atom. The molecule has 212 valence electrons. The summed E-state index contributed by atoms with van der Waals surface area (Å²) in [4.78, 5) is 7.20. The van der Waals surface area contributed by atoms with Gasteiger partial charge in [0.2, 0.25) is 5.88 Å². The van der Waals surface area contributed by atoms with Gasteiger partial charge in [-0.1, -0.05) is 19.9 Å². The van der Waals surface area contributed by atoms with Crippen molar-refractivity contribution >= 4 is 0 Å². The molecule has 3 rings (SSSR count). The highest BCUT2D eigenvalue weighted by molar-refractivity contribution is 5.25. The molecule has 2 N–H and O–H groups in total. The van der Waals surface area contributed by atoms with E-state index in [1.54, 1.807) is 0 Å². The third kappa shape index (κ3) is 10.5. The van der Waals surface area contributed by atoms with Gasteiger partial charge in [0.1, 0.15) is 6.10 Å². The highest BCUT2D eigenvalue weighted by Gasteiger charge is 2.34. The summed E-state index contributed by atoms with van der Waals surface area (Å²) < 4.78 is 12.1. The van der Waals surface area contributed by atoms with Crippen molar-refractivity contribution in [2.45, 2.75) is 142 Å². The molecule has 6 heteroatoms. The van der Waals surface area contributed by atoms with E-state index in [1.165, 1.54) is 12.0 Å². The molecule has 1 saturated carbocycles. The third-order valence-corrected chi connectivity index (χ3v) is 7.72. The summed E-state index contributed by atoms with van der Waals surface area (Å²) >= 11 is 0. The topological polar surface area (TPSA) is 58.7 Å². The first-order valence-electron chi connectivity index (χ1n) is 14.5. The minimum atomic E-state index is -0.0566. The number of nitrogens with one attached hydrogen (secondary N) is 2. The molecule has 0 aromatic carbocycles. The molecule has 0 bridgehead atoms. The van der Waals surface area contributed by atoms with Gasteiger partial charge in [-0.3, -0.25) is 4.90 Å². The standard InChI is InChI=1S/C31H56N4O2/c1-28(2,3)33-25-19-26(20-25)37-27-12-11-23(21-32-27)30(7,8)14-15-31(9,10)34-24-13-16-35(22-24)17-18-36-29(4,5)6/h11-12,21,24-26,33-34H,13-20,22H2,1-10H3/t24-,25?,26?/m0/s1. The summed E-state index contributed by atoms with van der Waals surface area (Å²) in [5, 5.41) is 7.60. The number of hydrogen-bond donors (Lipinski definition) is 2. The van der Waals surface area contributed by atoms with Crippen LogP contribution >= 0.6 is 0 Å². The Kier molecular flexibility index (Phi) is 9.75. The van der Waals surface area contributed by atoms with Crippen molar-refractivity contribution in [1.29, 1.82) is 0 Å². The number of aromatic nitrogens is 1. The highest BCUT2D eigenvalue weighted by atomic mass is 16.5. The van der Waals surface area contributed by atoms with Crippen molar-refractivity contribution < 1.29 is 9.47 Å². The molecule has 2 aliphatic rings. The van der Waals surface area contributed by atoms with Crippen LogP contribution in [0.25, 0.3) is 0 Å². The zero-order valence-corrected chi connectivity index (χ0v) is 25.5. The molecule has 2 heterocycles. The molecular weight excluding hydrogens is 460 g/mol. The average molecular weight is 517 g/mol. The summed E-state index contributed by atoms with van der Waals surface area (Å²) in [6.45, 7) is 26.5. The molecule has 1 aliphatic heterocycles. The second-order valence-electron chi connectivity index (χ2n) is 14.8. The maximum atomic E-state index is 6.13. The Labute approximate surface area is 227 Å². The fourth-order valence-electron chi connectivity index (χ4n) is 5.44. The van der Waals surface area contributed by atoms with Crippen molar-refractivity contribution in [2.24, 2.45) is 0 Å². The molecule has 0 amide bonds. The first-order valence-corrected chi connectivity index (χ1v) is 14.5. The van der Waals surface area contributed by atoms with E-state index in [2.05, 4.69) is 102 Å². The summed E-state index contributed by atoms with van der Waals surface area (Å²) in [7, 11) is 0. The number of pyridine rings is 1. The molecular formula is C31H56N4O2. The van der Waals surface area contributed by atoms with Crippen LogP contribution in [0.2, 0.25) is 0 Å². The van der Waals surface area contributed by atoms with Crippen molar-refractivity contribution in [2.75, 3.05) is 26.2 Å². The molecule has 1 aliphatic carbocycles. The Bertz CT molecular complexity index is 832. The van der Waals surface area contributed by atoms with E-state index in [0.29, 0.717) is 12.1 Å². The largest absolute Gasteiger partial charge is 0.474 e. The highest BCUT2D eigenvalue weighted by Crippen LogP contribution is 2.33. The predicted molar refractivity (Wildman–Crippen MR) is 155 cm³/mol. The van der Waals surface area contributed by atoms with Crippen LogP contribution in [0.5, 0.6) is 5.88 Å². The van der Waals surface area contributed by atoms with E-state index in [9.17, 15) is 0 Å². The number of hydrogen-bond acceptors (Lipinski definition) is 6. The molecule has 1 aromatic heterocycles. The van der Waals surface area contributed by atoms with E-state index in [-0.39, 0.29) is 28.2 Å². The SMILES string of the molecule is CC(C)(C)NC1CC(Oc2ccc(C(C)(C)CCC(C)(C)N[C@H]3CCN(CCOC(C)(C)C)C3)cn2)C1. The van der Waals surface area contributed by atoms with Gasteiger partial charge >= 0.3 is 0 Å². The van der Waals surface area contributed by atoms with Crippen LogP contribution in [0, 0.1) is 0 Å². The second kappa shape index (κ2) is 11.9. The number of ether oxygens (including phenoxy) is 2. The maximum Gasteiger partial charge on any atom is 0.213 e. The van der Waals surface area contributed by atoms with Gasteiger partial charge in [-0.15, -0.1) is 0 Å². The Balaban J connectivity index is 1.40. The van der Waals surface area contributed by atoms with Crippen molar-refractivity contribution in [3.63, 3.8) is 0 Å². The average Bonchev–Trinajstić information content (AvgIpc) is 3.16. The lowest BCUT2D eigenvalue weighted by Crippen LogP contribution is -2.53. The van der Waals surface area contributed by atoms with Crippen LogP contribution in [0.4, 0.5) is 0 Å². The smallest absolute Gasteiger partial charge is 0.213 e. The summed E-state index contributed by atoms with van der Waals surface area (Å²) in [6.07, 6.45) is 7.83. The summed E-state index contributed by atoms with van der Waals surface area (Å²) in [5.74, 6) is 0.749. The van der Waals surface area contributed by atoms with E-state index >= 15 is 0 Å². The fourth-order valence-corrected chi connectivity index (χ4v) is 5.44. The molecule has 6 nitrogen and oxygen atoms in total. The van der Waals surface area contributed by atoms with E-state index < -0.39 is 0 Å². The van der Waals surface area contributed by atoms with Crippen LogP contribution in [0.15, 0.2) is 18.3 Å². The van der Waals surface area contributed by atoms with Crippen molar-refractivity contribution in [3.05, 3.63) is 23.9 Å². The van der Waals surface area contributed by atoms with Gasteiger partial charge in [-0.05, 0) is 105 Å². The van der Waals surface area contributed by atoms with Crippen LogP contribution in [0.3, 0.4) is 0 Å². The molecule has 1 aromatic rings. The van der Waals surface area contributed by atoms with Gasteiger partial charge in [-0.2, -0.15) is 0 Å². The lowest BCUT2D eigenvalue weighted by molar-refractivity contribution is -0.0111.